The third kappa shape index (κ3) is 7.41. The van der Waals surface area contributed by atoms with Gasteiger partial charge in [-0.3, -0.25) is 0 Å². The predicted octanol–water partition coefficient (Wildman–Crippen LogP) is 5.15. The largest absolute Gasteiger partial charge is 0.314 e. The van der Waals surface area contributed by atoms with Crippen molar-refractivity contribution in [3.63, 3.8) is 0 Å². The third-order valence-electron chi connectivity index (χ3n) is 4.51. The van der Waals surface area contributed by atoms with Crippen LogP contribution in [0.3, 0.4) is 0 Å². The fourth-order valence-electron chi connectivity index (χ4n) is 3.04. The zero-order valence-corrected chi connectivity index (χ0v) is 13.2. The van der Waals surface area contributed by atoms with Gasteiger partial charge in [0, 0.05) is 6.04 Å². The molecule has 1 heteroatoms. The molecule has 1 aliphatic carbocycles. The normalized spacial score (nSPS) is 26.8. The van der Waals surface area contributed by atoms with Crippen LogP contribution >= 0.6 is 0 Å². The molecule has 1 saturated carbocycles. The second kappa shape index (κ2) is 8.19. The summed E-state index contributed by atoms with van der Waals surface area (Å²) in [6.45, 7) is 10.7. The van der Waals surface area contributed by atoms with E-state index in [0.29, 0.717) is 11.5 Å². The fraction of sp³-hybridized carbons (Fsp3) is 1.00. The Labute approximate surface area is 115 Å². The molecule has 108 valence electrons. The van der Waals surface area contributed by atoms with Gasteiger partial charge in [0.15, 0.2) is 0 Å². The first kappa shape index (κ1) is 16.0. The molecular formula is C17H35N. The molecule has 0 heterocycles. The molecule has 0 aliphatic heterocycles. The SMILES string of the molecule is CC(C)NCC1CCCCCCCC(C)(C)CC1. The van der Waals surface area contributed by atoms with E-state index in [4.69, 9.17) is 0 Å². The van der Waals surface area contributed by atoms with Crippen molar-refractivity contribution in [2.24, 2.45) is 11.3 Å². The number of nitrogens with one attached hydrogen (secondary N) is 1. The van der Waals surface area contributed by atoms with Gasteiger partial charge in [-0.05, 0) is 43.6 Å². The van der Waals surface area contributed by atoms with Crippen molar-refractivity contribution >= 4 is 0 Å². The summed E-state index contributed by atoms with van der Waals surface area (Å²) >= 11 is 0. The van der Waals surface area contributed by atoms with Crippen LogP contribution in [0, 0.1) is 11.3 Å². The van der Waals surface area contributed by atoms with Crippen LogP contribution in [0.1, 0.15) is 85.5 Å². The highest BCUT2D eigenvalue weighted by molar-refractivity contribution is 4.74. The second-order valence-electron chi connectivity index (χ2n) is 7.44. The van der Waals surface area contributed by atoms with Gasteiger partial charge >= 0.3 is 0 Å². The van der Waals surface area contributed by atoms with E-state index in [9.17, 15) is 0 Å². The van der Waals surface area contributed by atoms with Crippen LogP contribution in [-0.2, 0) is 0 Å². The zero-order chi connectivity index (χ0) is 13.4. The topological polar surface area (TPSA) is 12.0 Å². The molecule has 0 saturated heterocycles. The fourth-order valence-corrected chi connectivity index (χ4v) is 3.04. The first-order chi connectivity index (χ1) is 8.49. The predicted molar refractivity (Wildman–Crippen MR) is 82.0 cm³/mol. The summed E-state index contributed by atoms with van der Waals surface area (Å²) in [7, 11) is 0. The highest BCUT2D eigenvalue weighted by Crippen LogP contribution is 2.33. The van der Waals surface area contributed by atoms with Crippen LogP contribution in [0.2, 0.25) is 0 Å². The first-order valence-electron chi connectivity index (χ1n) is 8.23. The van der Waals surface area contributed by atoms with Crippen LogP contribution in [-0.4, -0.2) is 12.6 Å². The van der Waals surface area contributed by atoms with E-state index in [0.717, 1.165) is 5.92 Å². The van der Waals surface area contributed by atoms with Crippen molar-refractivity contribution in [3.05, 3.63) is 0 Å². The van der Waals surface area contributed by atoms with Crippen molar-refractivity contribution in [2.75, 3.05) is 6.54 Å². The molecule has 1 N–H and O–H groups in total. The van der Waals surface area contributed by atoms with Crippen LogP contribution in [0.15, 0.2) is 0 Å². The molecule has 18 heavy (non-hydrogen) atoms. The molecule has 0 spiro atoms. The maximum atomic E-state index is 3.64. The van der Waals surface area contributed by atoms with Gasteiger partial charge in [-0.25, -0.2) is 0 Å². The zero-order valence-electron chi connectivity index (χ0n) is 13.2. The monoisotopic (exact) mass is 253 g/mol. The average molecular weight is 253 g/mol. The van der Waals surface area contributed by atoms with Crippen molar-refractivity contribution in [1.29, 1.82) is 0 Å². The summed E-state index contributed by atoms with van der Waals surface area (Å²) in [6, 6.07) is 0.635. The lowest BCUT2D eigenvalue weighted by Gasteiger charge is -2.27. The molecule has 0 aromatic heterocycles. The van der Waals surface area contributed by atoms with Crippen molar-refractivity contribution in [1.82, 2.24) is 5.32 Å². The Hall–Kier alpha value is -0.0400. The van der Waals surface area contributed by atoms with Gasteiger partial charge in [0.05, 0.1) is 0 Å². The summed E-state index contributed by atoms with van der Waals surface area (Å²) in [5, 5.41) is 3.64. The summed E-state index contributed by atoms with van der Waals surface area (Å²) in [5.41, 5.74) is 0.570. The lowest BCUT2D eigenvalue weighted by Crippen LogP contribution is -2.29. The minimum Gasteiger partial charge on any atom is -0.314 e. The Morgan fingerprint density at radius 1 is 0.944 bits per heavy atom. The van der Waals surface area contributed by atoms with Gasteiger partial charge < -0.3 is 5.32 Å². The molecule has 1 nitrogen and oxygen atoms in total. The van der Waals surface area contributed by atoms with Gasteiger partial charge in [-0.1, -0.05) is 59.8 Å². The van der Waals surface area contributed by atoms with E-state index >= 15 is 0 Å². The third-order valence-corrected chi connectivity index (χ3v) is 4.51. The van der Waals surface area contributed by atoms with Gasteiger partial charge in [0.1, 0.15) is 0 Å². The maximum Gasteiger partial charge on any atom is 0.00104 e. The van der Waals surface area contributed by atoms with E-state index in [1.54, 1.807) is 0 Å². The van der Waals surface area contributed by atoms with Crippen molar-refractivity contribution < 1.29 is 0 Å². The Morgan fingerprint density at radius 2 is 1.61 bits per heavy atom. The van der Waals surface area contributed by atoms with E-state index in [1.165, 1.54) is 64.3 Å². The Morgan fingerprint density at radius 3 is 2.33 bits per heavy atom. The molecule has 0 amide bonds. The maximum absolute atomic E-state index is 3.64. The quantitative estimate of drug-likeness (QED) is 0.733. The first-order valence-corrected chi connectivity index (χ1v) is 8.23. The smallest absolute Gasteiger partial charge is 0.00104 e. The van der Waals surface area contributed by atoms with Crippen LogP contribution in [0.5, 0.6) is 0 Å². The minimum atomic E-state index is 0.570. The molecule has 0 bridgehead atoms. The number of rotatable bonds is 3. The van der Waals surface area contributed by atoms with Gasteiger partial charge in [-0.2, -0.15) is 0 Å². The number of hydrogen-bond donors (Lipinski definition) is 1. The molecule has 1 atom stereocenters. The average Bonchev–Trinajstić information content (AvgIpc) is 2.32. The molecule has 1 rings (SSSR count). The van der Waals surface area contributed by atoms with E-state index in [-0.39, 0.29) is 0 Å². The van der Waals surface area contributed by atoms with Crippen molar-refractivity contribution in [3.8, 4) is 0 Å². The molecule has 1 fully saturated rings. The lowest BCUT2D eigenvalue weighted by atomic mass is 9.80. The van der Waals surface area contributed by atoms with Crippen molar-refractivity contribution in [2.45, 2.75) is 91.5 Å². The summed E-state index contributed by atoms with van der Waals surface area (Å²) < 4.78 is 0. The van der Waals surface area contributed by atoms with E-state index in [2.05, 4.69) is 33.0 Å². The van der Waals surface area contributed by atoms with Crippen LogP contribution in [0.4, 0.5) is 0 Å². The molecule has 1 unspecified atom stereocenters. The Kier molecular flexibility index (Phi) is 7.29. The highest BCUT2D eigenvalue weighted by atomic mass is 14.9. The summed E-state index contributed by atoms with van der Waals surface area (Å²) in [5.74, 6) is 0.907. The molecule has 0 radical (unpaired) electrons. The van der Waals surface area contributed by atoms with E-state index in [1.807, 2.05) is 0 Å². The van der Waals surface area contributed by atoms with Crippen LogP contribution < -0.4 is 5.32 Å². The highest BCUT2D eigenvalue weighted by Gasteiger charge is 2.20. The van der Waals surface area contributed by atoms with E-state index < -0.39 is 0 Å². The molecular weight excluding hydrogens is 218 g/mol. The van der Waals surface area contributed by atoms with Gasteiger partial charge in [-0.15, -0.1) is 0 Å². The minimum absolute atomic E-state index is 0.570. The van der Waals surface area contributed by atoms with Crippen LogP contribution in [0.25, 0.3) is 0 Å². The van der Waals surface area contributed by atoms with Gasteiger partial charge in [0.2, 0.25) is 0 Å². The van der Waals surface area contributed by atoms with Gasteiger partial charge in [0.25, 0.3) is 0 Å². The molecule has 0 aromatic rings. The summed E-state index contributed by atoms with van der Waals surface area (Å²) in [4.78, 5) is 0. The molecule has 1 aliphatic rings. The Balaban J connectivity index is 2.43. The summed E-state index contributed by atoms with van der Waals surface area (Å²) in [6.07, 6.45) is 13.0. The second-order valence-corrected chi connectivity index (χ2v) is 7.44. The Bertz CT molecular complexity index is 208. The number of hydrogen-bond acceptors (Lipinski definition) is 1. The lowest BCUT2D eigenvalue weighted by molar-refractivity contribution is 0.258. The standard InChI is InChI=1S/C17H35N/c1-15(2)18-14-16-10-8-6-5-7-9-12-17(3,4)13-11-16/h15-16,18H,5-14H2,1-4H3. The molecule has 0 aromatic carbocycles.